The molecule has 1 aliphatic rings. The maximum Gasteiger partial charge on any atom is 0.239 e. The van der Waals surface area contributed by atoms with E-state index in [-0.39, 0.29) is 0 Å². The van der Waals surface area contributed by atoms with Crippen molar-refractivity contribution >= 4 is 46.7 Å². The third-order valence-corrected chi connectivity index (χ3v) is 3.63. The first-order chi connectivity index (χ1) is 6.11. The van der Waals surface area contributed by atoms with E-state index in [9.17, 15) is 0 Å². The monoisotopic (exact) mass is 254 g/mol. The molecule has 1 nitrogen and oxygen atoms in total. The van der Waals surface area contributed by atoms with Gasteiger partial charge in [0.15, 0.2) is 5.09 Å². The molecule has 0 saturated heterocycles. The van der Waals surface area contributed by atoms with Gasteiger partial charge in [0.2, 0.25) is 4.39 Å². The summed E-state index contributed by atoms with van der Waals surface area (Å²) in [5, 5.41) is 4.55. The lowest BCUT2D eigenvalue weighted by molar-refractivity contribution is 0.206. The van der Waals surface area contributed by atoms with Crippen molar-refractivity contribution < 1.29 is 4.74 Å². The first-order valence-corrected chi connectivity index (χ1v) is 5.95. The molecule has 0 saturated carbocycles. The maximum absolute atomic E-state index is 6.09. The lowest BCUT2D eigenvalue weighted by Crippen LogP contribution is -2.13. The van der Waals surface area contributed by atoms with E-state index in [0.717, 1.165) is 0 Å². The van der Waals surface area contributed by atoms with Crippen molar-refractivity contribution in [2.45, 2.75) is 10.8 Å². The number of alkyl halides is 1. The van der Waals surface area contributed by atoms with Crippen LogP contribution in [0.25, 0.3) is 0 Å². The number of hydrogen-bond acceptors (Lipinski definition) is 3. The summed E-state index contributed by atoms with van der Waals surface area (Å²) < 4.78 is 4.62. The van der Waals surface area contributed by atoms with Crippen LogP contribution in [0, 0.1) is 0 Å². The third kappa shape index (κ3) is 2.88. The molecule has 5 heteroatoms. The van der Waals surface area contributed by atoms with Gasteiger partial charge in [-0.1, -0.05) is 59.9 Å². The molecule has 0 aromatic carbocycles. The van der Waals surface area contributed by atoms with Crippen molar-refractivity contribution in [1.29, 1.82) is 0 Å². The summed E-state index contributed by atoms with van der Waals surface area (Å²) in [6, 6.07) is 0. The van der Waals surface area contributed by atoms with Crippen molar-refractivity contribution in [2.75, 3.05) is 0 Å². The highest BCUT2D eigenvalue weighted by molar-refractivity contribution is 8.06. The van der Waals surface area contributed by atoms with Gasteiger partial charge in [0.1, 0.15) is 0 Å². The molecule has 0 aliphatic carbocycles. The molecule has 1 atom stereocenters. The normalized spacial score (nSPS) is 27.2. The fourth-order valence-electron chi connectivity index (χ4n) is 0.841. The molecular formula is C8H8Cl2OS2. The van der Waals surface area contributed by atoms with Crippen molar-refractivity contribution in [2.24, 2.45) is 0 Å². The SMILES string of the molecule is C=CSC1=C(Cl)CC(Cl)(SC=C)O1. The summed E-state index contributed by atoms with van der Waals surface area (Å²) in [4.78, 5) is 0. The van der Waals surface area contributed by atoms with Gasteiger partial charge in [-0.25, -0.2) is 0 Å². The Hall–Kier alpha value is 0.300. The van der Waals surface area contributed by atoms with E-state index in [1.165, 1.54) is 23.5 Å². The van der Waals surface area contributed by atoms with Crippen LogP contribution >= 0.6 is 46.7 Å². The van der Waals surface area contributed by atoms with Crippen LogP contribution in [0.2, 0.25) is 0 Å². The molecule has 0 aromatic rings. The molecule has 1 unspecified atom stereocenters. The van der Waals surface area contributed by atoms with Crippen LogP contribution < -0.4 is 0 Å². The standard InChI is InChI=1S/C8H8Cl2OS2/c1-3-12-7-6(9)5-8(10,11-7)13-4-2/h3-4H,1-2,5H2. The van der Waals surface area contributed by atoms with E-state index < -0.39 is 4.39 Å². The van der Waals surface area contributed by atoms with Crippen LogP contribution in [0.15, 0.2) is 34.1 Å². The Bertz CT molecular complexity index is 265. The minimum atomic E-state index is -0.815. The summed E-state index contributed by atoms with van der Waals surface area (Å²) in [6.07, 6.45) is 0.489. The zero-order valence-electron chi connectivity index (χ0n) is 6.76. The molecule has 0 aromatic heterocycles. The Morgan fingerprint density at radius 3 is 2.69 bits per heavy atom. The molecule has 1 heterocycles. The van der Waals surface area contributed by atoms with E-state index in [0.29, 0.717) is 16.5 Å². The first-order valence-electron chi connectivity index (χ1n) is 3.44. The number of halogens is 2. The fourth-order valence-corrected chi connectivity index (χ4v) is 3.00. The molecule has 0 spiro atoms. The molecular weight excluding hydrogens is 247 g/mol. The average molecular weight is 255 g/mol. The summed E-state index contributed by atoms with van der Waals surface area (Å²) in [7, 11) is 0. The van der Waals surface area contributed by atoms with E-state index in [2.05, 4.69) is 13.2 Å². The second-order valence-electron chi connectivity index (χ2n) is 2.20. The Kier molecular flexibility index (Phi) is 4.10. The van der Waals surface area contributed by atoms with Gasteiger partial charge in [0, 0.05) is 0 Å². The Labute approximate surface area is 96.2 Å². The lowest BCUT2D eigenvalue weighted by Gasteiger charge is -2.18. The molecule has 0 amide bonds. The highest BCUT2D eigenvalue weighted by Gasteiger charge is 2.38. The van der Waals surface area contributed by atoms with Crippen molar-refractivity contribution in [3.8, 4) is 0 Å². The predicted molar refractivity (Wildman–Crippen MR) is 62.7 cm³/mol. The van der Waals surface area contributed by atoms with Gasteiger partial charge >= 0.3 is 0 Å². The van der Waals surface area contributed by atoms with Crippen molar-refractivity contribution in [3.05, 3.63) is 34.1 Å². The van der Waals surface area contributed by atoms with Crippen LogP contribution in [-0.4, -0.2) is 4.39 Å². The van der Waals surface area contributed by atoms with E-state index in [1.54, 1.807) is 10.8 Å². The minimum Gasteiger partial charge on any atom is -0.454 e. The molecule has 13 heavy (non-hydrogen) atoms. The Balaban J connectivity index is 2.66. The van der Waals surface area contributed by atoms with Gasteiger partial charge in [-0.05, 0) is 10.8 Å². The van der Waals surface area contributed by atoms with Crippen LogP contribution in [0.5, 0.6) is 0 Å². The van der Waals surface area contributed by atoms with E-state index in [4.69, 9.17) is 27.9 Å². The van der Waals surface area contributed by atoms with Gasteiger partial charge in [0.25, 0.3) is 0 Å². The smallest absolute Gasteiger partial charge is 0.239 e. The first kappa shape index (κ1) is 11.4. The van der Waals surface area contributed by atoms with Crippen LogP contribution in [0.1, 0.15) is 6.42 Å². The van der Waals surface area contributed by atoms with Gasteiger partial charge in [-0.2, -0.15) is 0 Å². The number of ether oxygens (including phenoxy) is 1. The molecule has 0 N–H and O–H groups in total. The Morgan fingerprint density at radius 2 is 2.15 bits per heavy atom. The average Bonchev–Trinajstić information content (AvgIpc) is 2.28. The van der Waals surface area contributed by atoms with Gasteiger partial charge in [0.05, 0.1) is 11.5 Å². The fraction of sp³-hybridized carbons (Fsp3) is 0.250. The molecule has 1 aliphatic heterocycles. The summed E-state index contributed by atoms with van der Waals surface area (Å²) in [5.41, 5.74) is 0. The van der Waals surface area contributed by atoms with Gasteiger partial charge in [-0.3, -0.25) is 0 Å². The third-order valence-electron chi connectivity index (χ3n) is 1.28. The summed E-state index contributed by atoms with van der Waals surface area (Å²) in [5.74, 6) is 0. The quantitative estimate of drug-likeness (QED) is 0.686. The number of thioether (sulfide) groups is 2. The summed E-state index contributed by atoms with van der Waals surface area (Å²) in [6.45, 7) is 7.15. The lowest BCUT2D eigenvalue weighted by atomic mass is 10.5. The van der Waals surface area contributed by atoms with Crippen molar-refractivity contribution in [1.82, 2.24) is 0 Å². The highest BCUT2D eigenvalue weighted by atomic mass is 35.5. The summed E-state index contributed by atoms with van der Waals surface area (Å²) >= 11 is 14.7. The number of hydrogen-bond donors (Lipinski definition) is 0. The zero-order chi connectivity index (χ0) is 9.90. The molecule has 0 fully saturated rings. The highest BCUT2D eigenvalue weighted by Crippen LogP contribution is 2.49. The molecule has 0 radical (unpaired) electrons. The molecule has 0 bridgehead atoms. The predicted octanol–water partition coefficient (Wildman–Crippen LogP) is 4.46. The van der Waals surface area contributed by atoms with Gasteiger partial charge < -0.3 is 4.74 Å². The van der Waals surface area contributed by atoms with E-state index in [1.807, 2.05) is 0 Å². The Morgan fingerprint density at radius 1 is 1.46 bits per heavy atom. The molecule has 1 rings (SSSR count). The topological polar surface area (TPSA) is 9.23 Å². The zero-order valence-corrected chi connectivity index (χ0v) is 9.90. The number of rotatable bonds is 4. The van der Waals surface area contributed by atoms with Crippen LogP contribution in [0.3, 0.4) is 0 Å². The second-order valence-corrected chi connectivity index (χ2v) is 5.66. The van der Waals surface area contributed by atoms with Gasteiger partial charge in [-0.15, -0.1) is 0 Å². The van der Waals surface area contributed by atoms with E-state index >= 15 is 0 Å². The van der Waals surface area contributed by atoms with Crippen LogP contribution in [0.4, 0.5) is 0 Å². The van der Waals surface area contributed by atoms with Crippen LogP contribution in [-0.2, 0) is 4.74 Å². The second kappa shape index (κ2) is 4.69. The maximum atomic E-state index is 6.09. The minimum absolute atomic E-state index is 0.489. The molecule has 72 valence electrons. The van der Waals surface area contributed by atoms with Crippen molar-refractivity contribution in [3.63, 3.8) is 0 Å². The largest absolute Gasteiger partial charge is 0.454 e.